The van der Waals surface area contributed by atoms with Crippen molar-refractivity contribution >= 4 is 23.7 Å². The van der Waals surface area contributed by atoms with Gasteiger partial charge in [0.25, 0.3) is 0 Å². The molecule has 0 aliphatic carbocycles. The van der Waals surface area contributed by atoms with Gasteiger partial charge in [-0.05, 0) is 37.6 Å². The number of sulfone groups is 1. The van der Waals surface area contributed by atoms with E-state index in [-0.39, 0.29) is 30.5 Å². The van der Waals surface area contributed by atoms with Gasteiger partial charge in [-0.25, -0.2) is 13.0 Å². The van der Waals surface area contributed by atoms with E-state index in [9.17, 15) is 13.0 Å². The SMILES string of the molecule is CCOP(=O)(OCC)Oc1cc(CS(=O)(=O)/C=C/c2c(OC)cc(OC)cc2OC)ccc1OC. The van der Waals surface area contributed by atoms with E-state index in [4.69, 9.17) is 32.5 Å². The fourth-order valence-electron chi connectivity index (χ4n) is 3.06. The van der Waals surface area contributed by atoms with Gasteiger partial charge >= 0.3 is 7.82 Å². The van der Waals surface area contributed by atoms with Crippen LogP contribution in [0.2, 0.25) is 0 Å². The minimum absolute atomic E-state index is 0.0351. The highest BCUT2D eigenvalue weighted by atomic mass is 32.2. The van der Waals surface area contributed by atoms with Crippen molar-refractivity contribution in [3.8, 4) is 28.7 Å². The zero-order valence-electron chi connectivity index (χ0n) is 20.6. The van der Waals surface area contributed by atoms with Gasteiger partial charge in [-0.1, -0.05) is 6.07 Å². The standard InChI is InChI=1S/C23H31O10PS/c1-7-31-34(24,32-8-2)33-23-13-17(9-10-20(23)28-4)16-35(25,26)12-11-19-21(29-5)14-18(27-3)15-22(19)30-6/h9-15H,7-8,16H2,1-6H3/b12-11+. The summed E-state index contributed by atoms with van der Waals surface area (Å²) in [7, 11) is -1.83. The Morgan fingerprint density at radius 1 is 0.800 bits per heavy atom. The molecule has 0 unspecified atom stereocenters. The molecule has 0 spiro atoms. The summed E-state index contributed by atoms with van der Waals surface area (Å²) in [5.74, 6) is 1.19. The largest absolute Gasteiger partial charge is 0.530 e. The van der Waals surface area contributed by atoms with Gasteiger partial charge in [0.2, 0.25) is 0 Å². The van der Waals surface area contributed by atoms with E-state index in [2.05, 4.69) is 0 Å². The van der Waals surface area contributed by atoms with Crippen LogP contribution < -0.4 is 23.5 Å². The van der Waals surface area contributed by atoms with E-state index in [1.54, 1.807) is 32.0 Å². The molecule has 0 aromatic heterocycles. The molecule has 35 heavy (non-hydrogen) atoms. The first-order valence-electron chi connectivity index (χ1n) is 10.6. The number of hydrogen-bond acceptors (Lipinski definition) is 10. The molecule has 12 heteroatoms. The highest BCUT2D eigenvalue weighted by Crippen LogP contribution is 2.51. The lowest BCUT2D eigenvalue weighted by Gasteiger charge is -2.19. The molecule has 0 atom stereocenters. The number of phosphoric acid groups is 1. The molecular formula is C23H31O10PS. The first kappa shape index (κ1) is 28.5. The zero-order chi connectivity index (χ0) is 26.1. The monoisotopic (exact) mass is 530 g/mol. The molecule has 0 aliphatic rings. The van der Waals surface area contributed by atoms with E-state index in [1.165, 1.54) is 46.6 Å². The van der Waals surface area contributed by atoms with Crippen LogP contribution in [0.3, 0.4) is 0 Å². The Morgan fingerprint density at radius 3 is 1.86 bits per heavy atom. The van der Waals surface area contributed by atoms with Crippen molar-refractivity contribution in [1.82, 2.24) is 0 Å². The van der Waals surface area contributed by atoms with Crippen LogP contribution in [0.25, 0.3) is 6.08 Å². The van der Waals surface area contributed by atoms with Crippen molar-refractivity contribution in [3.63, 3.8) is 0 Å². The third-order valence-corrected chi connectivity index (χ3v) is 7.43. The average Bonchev–Trinajstić information content (AvgIpc) is 2.82. The number of rotatable bonds is 14. The van der Waals surface area contributed by atoms with Gasteiger partial charge in [-0.15, -0.1) is 0 Å². The molecule has 2 aromatic rings. The number of benzene rings is 2. The molecule has 0 bridgehead atoms. The fourth-order valence-corrected chi connectivity index (χ4v) is 5.34. The molecular weight excluding hydrogens is 499 g/mol. The molecule has 0 N–H and O–H groups in total. The van der Waals surface area contributed by atoms with Gasteiger partial charge in [0.1, 0.15) is 17.2 Å². The van der Waals surface area contributed by atoms with E-state index in [0.717, 1.165) is 5.41 Å². The van der Waals surface area contributed by atoms with Gasteiger partial charge < -0.3 is 23.5 Å². The molecule has 2 aromatic carbocycles. The first-order chi connectivity index (χ1) is 16.6. The van der Waals surface area contributed by atoms with Crippen molar-refractivity contribution in [2.75, 3.05) is 41.7 Å². The van der Waals surface area contributed by atoms with Crippen LogP contribution in [0.15, 0.2) is 35.7 Å². The summed E-state index contributed by atoms with van der Waals surface area (Å²) in [6.07, 6.45) is 1.39. The van der Waals surface area contributed by atoms with Gasteiger partial charge in [-0.2, -0.15) is 0 Å². The summed E-state index contributed by atoms with van der Waals surface area (Å²) >= 11 is 0. The molecule has 0 heterocycles. The Balaban J connectivity index is 2.36. The number of phosphoric ester groups is 1. The van der Waals surface area contributed by atoms with Crippen LogP contribution in [-0.4, -0.2) is 50.1 Å². The summed E-state index contributed by atoms with van der Waals surface area (Å²) in [5.41, 5.74) is 0.811. The van der Waals surface area contributed by atoms with Crippen molar-refractivity contribution in [2.45, 2.75) is 19.6 Å². The van der Waals surface area contributed by atoms with Crippen molar-refractivity contribution in [1.29, 1.82) is 0 Å². The summed E-state index contributed by atoms with van der Waals surface area (Å²) in [4.78, 5) is 0. The van der Waals surface area contributed by atoms with E-state index >= 15 is 0 Å². The maximum absolute atomic E-state index is 12.9. The third kappa shape index (κ3) is 7.90. The molecule has 0 saturated heterocycles. The Labute approximate surface area is 206 Å². The van der Waals surface area contributed by atoms with Crippen LogP contribution in [0.4, 0.5) is 0 Å². The summed E-state index contributed by atoms with van der Waals surface area (Å²) in [6, 6.07) is 7.75. The maximum atomic E-state index is 12.9. The molecule has 0 radical (unpaired) electrons. The van der Waals surface area contributed by atoms with Crippen molar-refractivity contribution in [3.05, 3.63) is 46.9 Å². The van der Waals surface area contributed by atoms with Gasteiger partial charge in [-0.3, -0.25) is 9.05 Å². The quantitative estimate of drug-likeness (QED) is 0.313. The van der Waals surface area contributed by atoms with Crippen molar-refractivity contribution < 1.29 is 45.5 Å². The predicted octanol–water partition coefficient (Wildman–Crippen LogP) is 4.87. The second-order valence-corrected chi connectivity index (χ2v) is 10.4. The van der Waals surface area contributed by atoms with Gasteiger partial charge in [0, 0.05) is 17.5 Å². The van der Waals surface area contributed by atoms with Crippen molar-refractivity contribution in [2.24, 2.45) is 0 Å². The van der Waals surface area contributed by atoms with Crippen LogP contribution in [-0.2, 0) is 29.2 Å². The van der Waals surface area contributed by atoms with Crippen LogP contribution in [0.5, 0.6) is 28.7 Å². The molecule has 0 saturated carbocycles. The Morgan fingerprint density at radius 2 is 1.37 bits per heavy atom. The molecule has 0 amide bonds. The minimum Gasteiger partial charge on any atom is -0.496 e. The topological polar surface area (TPSA) is 116 Å². The molecule has 2 rings (SSSR count). The number of methoxy groups -OCH3 is 4. The predicted molar refractivity (Wildman–Crippen MR) is 132 cm³/mol. The second-order valence-electron chi connectivity index (χ2n) is 6.91. The lowest BCUT2D eigenvalue weighted by molar-refractivity contribution is 0.166. The molecule has 194 valence electrons. The lowest BCUT2D eigenvalue weighted by Crippen LogP contribution is -2.05. The smallest absolute Gasteiger partial charge is 0.496 e. The summed E-state index contributed by atoms with van der Waals surface area (Å²) < 4.78 is 75.5. The van der Waals surface area contributed by atoms with E-state index < -0.39 is 17.7 Å². The Bertz CT molecular complexity index is 1140. The lowest BCUT2D eigenvalue weighted by atomic mass is 10.1. The van der Waals surface area contributed by atoms with Crippen LogP contribution in [0, 0.1) is 0 Å². The Hall–Kier alpha value is -2.72. The normalized spacial score (nSPS) is 11.9. The number of ether oxygens (including phenoxy) is 4. The molecule has 0 aliphatic heterocycles. The van der Waals surface area contributed by atoms with Gasteiger partial charge in [0.15, 0.2) is 21.3 Å². The Kier molecular flexibility index (Phi) is 10.5. The highest BCUT2D eigenvalue weighted by Gasteiger charge is 2.29. The fraction of sp³-hybridized carbons (Fsp3) is 0.391. The van der Waals surface area contributed by atoms with E-state index in [1.807, 2.05) is 0 Å². The molecule has 0 fully saturated rings. The first-order valence-corrected chi connectivity index (χ1v) is 13.8. The summed E-state index contributed by atoms with van der Waals surface area (Å²) in [6.45, 7) is 3.48. The third-order valence-electron chi connectivity index (χ3n) is 4.58. The van der Waals surface area contributed by atoms with Gasteiger partial charge in [0.05, 0.1) is 53.0 Å². The second kappa shape index (κ2) is 12.8. The number of hydrogen-bond donors (Lipinski definition) is 0. The average molecular weight is 531 g/mol. The maximum Gasteiger partial charge on any atom is 0.530 e. The highest BCUT2D eigenvalue weighted by molar-refractivity contribution is 7.93. The molecule has 10 nitrogen and oxygen atoms in total. The summed E-state index contributed by atoms with van der Waals surface area (Å²) in [5, 5.41) is 1.07. The minimum atomic E-state index is -3.91. The van der Waals surface area contributed by atoms with E-state index in [0.29, 0.717) is 28.4 Å². The van der Waals surface area contributed by atoms with Crippen LogP contribution in [0.1, 0.15) is 25.0 Å². The van der Waals surface area contributed by atoms with Crippen LogP contribution >= 0.6 is 7.82 Å². The zero-order valence-corrected chi connectivity index (χ0v) is 22.3.